The van der Waals surface area contributed by atoms with E-state index >= 15 is 0 Å². The summed E-state index contributed by atoms with van der Waals surface area (Å²) in [7, 11) is 0. The van der Waals surface area contributed by atoms with Crippen molar-refractivity contribution in [2.24, 2.45) is 5.73 Å². The molecule has 0 aliphatic rings. The van der Waals surface area contributed by atoms with E-state index < -0.39 is 0 Å². The first-order chi connectivity index (χ1) is 8.35. The highest BCUT2D eigenvalue weighted by atomic mass is 32.1. The third-order valence-electron chi connectivity index (χ3n) is 2.50. The highest BCUT2D eigenvalue weighted by Gasteiger charge is 2.05. The average Bonchev–Trinajstić information content (AvgIpc) is 2.96. The van der Waals surface area contributed by atoms with E-state index in [2.05, 4.69) is 33.7 Å². The Labute approximate surface area is 105 Å². The molecule has 3 nitrogen and oxygen atoms in total. The second kappa shape index (κ2) is 5.67. The SMILES string of the molecule is CCc1nccn1Cc1sccc1C#CCN. The Bertz CT molecular complexity index is 542. The molecule has 2 aromatic heterocycles. The molecule has 2 N–H and O–H groups in total. The predicted molar refractivity (Wildman–Crippen MR) is 71.0 cm³/mol. The number of aryl methyl sites for hydroxylation is 1. The van der Waals surface area contributed by atoms with E-state index in [1.807, 2.05) is 18.5 Å². The van der Waals surface area contributed by atoms with Crippen molar-refractivity contribution in [2.75, 3.05) is 6.54 Å². The Morgan fingerprint density at radius 3 is 3.18 bits per heavy atom. The van der Waals surface area contributed by atoms with Gasteiger partial charge in [0.25, 0.3) is 0 Å². The van der Waals surface area contributed by atoms with Crippen LogP contribution in [0.2, 0.25) is 0 Å². The topological polar surface area (TPSA) is 43.8 Å². The molecule has 0 bridgehead atoms. The van der Waals surface area contributed by atoms with Crippen LogP contribution < -0.4 is 5.73 Å². The van der Waals surface area contributed by atoms with Gasteiger partial charge in [-0.1, -0.05) is 18.8 Å². The Balaban J connectivity index is 2.22. The maximum atomic E-state index is 5.39. The Morgan fingerprint density at radius 2 is 2.41 bits per heavy atom. The van der Waals surface area contributed by atoms with Gasteiger partial charge in [-0.2, -0.15) is 0 Å². The summed E-state index contributed by atoms with van der Waals surface area (Å²) < 4.78 is 2.17. The summed E-state index contributed by atoms with van der Waals surface area (Å²) in [6.07, 6.45) is 4.80. The summed E-state index contributed by atoms with van der Waals surface area (Å²) in [4.78, 5) is 5.58. The normalized spacial score (nSPS) is 10.0. The minimum absolute atomic E-state index is 0.403. The van der Waals surface area contributed by atoms with Crippen molar-refractivity contribution >= 4 is 11.3 Å². The molecule has 88 valence electrons. The first-order valence-electron chi connectivity index (χ1n) is 5.60. The zero-order chi connectivity index (χ0) is 12.1. The number of imidazole rings is 1. The molecular formula is C13H15N3S. The van der Waals surface area contributed by atoms with E-state index in [-0.39, 0.29) is 0 Å². The van der Waals surface area contributed by atoms with Crippen molar-refractivity contribution in [2.45, 2.75) is 19.9 Å². The van der Waals surface area contributed by atoms with Crippen LogP contribution in [-0.2, 0) is 13.0 Å². The van der Waals surface area contributed by atoms with Gasteiger partial charge in [0.05, 0.1) is 13.1 Å². The predicted octanol–water partition coefficient (Wildman–Crippen LogP) is 1.87. The maximum absolute atomic E-state index is 5.39. The van der Waals surface area contributed by atoms with Crippen molar-refractivity contribution < 1.29 is 0 Å². The Morgan fingerprint density at radius 1 is 1.53 bits per heavy atom. The van der Waals surface area contributed by atoms with Crippen LogP contribution in [0.1, 0.15) is 23.2 Å². The molecule has 4 heteroatoms. The number of aromatic nitrogens is 2. The lowest BCUT2D eigenvalue weighted by Gasteiger charge is -2.04. The molecule has 17 heavy (non-hydrogen) atoms. The van der Waals surface area contributed by atoms with Crippen molar-refractivity contribution in [3.8, 4) is 11.8 Å². The molecule has 0 aliphatic heterocycles. The van der Waals surface area contributed by atoms with Gasteiger partial charge in [-0.3, -0.25) is 0 Å². The monoisotopic (exact) mass is 245 g/mol. The first-order valence-corrected chi connectivity index (χ1v) is 6.48. The highest BCUT2D eigenvalue weighted by molar-refractivity contribution is 7.10. The molecule has 0 amide bonds. The quantitative estimate of drug-likeness (QED) is 0.839. The molecule has 0 atom stereocenters. The fourth-order valence-corrected chi connectivity index (χ4v) is 2.50. The van der Waals surface area contributed by atoms with E-state index in [4.69, 9.17) is 5.73 Å². The van der Waals surface area contributed by atoms with Crippen LogP contribution in [0, 0.1) is 11.8 Å². The fraction of sp³-hybridized carbons (Fsp3) is 0.308. The minimum Gasteiger partial charge on any atom is -0.330 e. The van der Waals surface area contributed by atoms with Gasteiger partial charge >= 0.3 is 0 Å². The lowest BCUT2D eigenvalue weighted by atomic mass is 10.2. The molecule has 0 saturated carbocycles. The molecule has 2 aromatic rings. The lowest BCUT2D eigenvalue weighted by molar-refractivity contribution is 0.739. The molecule has 0 spiro atoms. The molecule has 0 aromatic carbocycles. The molecule has 0 saturated heterocycles. The van der Waals surface area contributed by atoms with Gasteiger partial charge in [-0.05, 0) is 11.4 Å². The van der Waals surface area contributed by atoms with Crippen molar-refractivity contribution in [1.29, 1.82) is 0 Å². The smallest absolute Gasteiger partial charge is 0.108 e. The molecule has 0 fully saturated rings. The minimum atomic E-state index is 0.403. The maximum Gasteiger partial charge on any atom is 0.108 e. The van der Waals surface area contributed by atoms with Gasteiger partial charge in [0.2, 0.25) is 0 Å². The second-order valence-electron chi connectivity index (χ2n) is 3.59. The van der Waals surface area contributed by atoms with Crippen LogP contribution in [-0.4, -0.2) is 16.1 Å². The fourth-order valence-electron chi connectivity index (χ4n) is 1.67. The third kappa shape index (κ3) is 2.76. The van der Waals surface area contributed by atoms with Gasteiger partial charge in [-0.15, -0.1) is 11.3 Å². The summed E-state index contributed by atoms with van der Waals surface area (Å²) in [5, 5.41) is 2.07. The first kappa shape index (κ1) is 11.9. The molecule has 0 radical (unpaired) electrons. The number of nitrogens with zero attached hydrogens (tertiary/aromatic N) is 2. The van der Waals surface area contributed by atoms with Crippen LogP contribution in [0.4, 0.5) is 0 Å². The van der Waals surface area contributed by atoms with E-state index in [0.717, 1.165) is 24.4 Å². The zero-order valence-corrected chi connectivity index (χ0v) is 10.6. The van der Waals surface area contributed by atoms with Gasteiger partial charge in [0, 0.05) is 29.3 Å². The average molecular weight is 245 g/mol. The zero-order valence-electron chi connectivity index (χ0n) is 9.81. The lowest BCUT2D eigenvalue weighted by Crippen LogP contribution is -2.03. The summed E-state index contributed by atoms with van der Waals surface area (Å²) in [5.41, 5.74) is 6.47. The Hall–Kier alpha value is -1.57. The van der Waals surface area contributed by atoms with Gasteiger partial charge in [0.1, 0.15) is 5.82 Å². The summed E-state index contributed by atoms with van der Waals surface area (Å²) in [6.45, 7) is 3.36. The molecule has 0 unspecified atom stereocenters. The van der Waals surface area contributed by atoms with E-state index in [1.54, 1.807) is 11.3 Å². The number of nitrogens with two attached hydrogens (primary N) is 1. The van der Waals surface area contributed by atoms with E-state index in [0.29, 0.717) is 6.54 Å². The highest BCUT2D eigenvalue weighted by Crippen LogP contribution is 2.18. The van der Waals surface area contributed by atoms with Crippen molar-refractivity contribution in [1.82, 2.24) is 9.55 Å². The van der Waals surface area contributed by atoms with Crippen LogP contribution in [0.3, 0.4) is 0 Å². The van der Waals surface area contributed by atoms with Crippen molar-refractivity contribution in [3.05, 3.63) is 40.1 Å². The van der Waals surface area contributed by atoms with Gasteiger partial charge < -0.3 is 10.3 Å². The van der Waals surface area contributed by atoms with Crippen LogP contribution in [0.5, 0.6) is 0 Å². The van der Waals surface area contributed by atoms with Gasteiger partial charge in [-0.25, -0.2) is 4.98 Å². The van der Waals surface area contributed by atoms with E-state index in [1.165, 1.54) is 4.88 Å². The number of thiophene rings is 1. The summed E-state index contributed by atoms with van der Waals surface area (Å²) in [5.74, 6) is 7.11. The van der Waals surface area contributed by atoms with E-state index in [9.17, 15) is 0 Å². The third-order valence-corrected chi connectivity index (χ3v) is 3.41. The molecule has 2 rings (SSSR count). The van der Waals surface area contributed by atoms with Crippen molar-refractivity contribution in [3.63, 3.8) is 0 Å². The van der Waals surface area contributed by atoms with Crippen LogP contribution >= 0.6 is 11.3 Å². The Kier molecular flexibility index (Phi) is 3.97. The van der Waals surface area contributed by atoms with Crippen LogP contribution in [0.15, 0.2) is 23.8 Å². The van der Waals surface area contributed by atoms with Gasteiger partial charge in [0.15, 0.2) is 0 Å². The molecular weight excluding hydrogens is 230 g/mol. The second-order valence-corrected chi connectivity index (χ2v) is 4.59. The number of hydrogen-bond donors (Lipinski definition) is 1. The number of rotatable bonds is 3. The molecule has 2 heterocycles. The summed E-state index contributed by atoms with van der Waals surface area (Å²) >= 11 is 1.73. The standard InChI is InChI=1S/C13H15N3S/c1-2-13-15-7-8-16(13)10-12-11(4-3-6-14)5-9-17-12/h5,7-9H,2,6,10,14H2,1H3. The largest absolute Gasteiger partial charge is 0.330 e. The van der Waals surface area contributed by atoms with Crippen LogP contribution in [0.25, 0.3) is 0 Å². The number of hydrogen-bond acceptors (Lipinski definition) is 3. The molecule has 0 aliphatic carbocycles. The summed E-state index contributed by atoms with van der Waals surface area (Å²) in [6, 6.07) is 2.05.